The van der Waals surface area contributed by atoms with Gasteiger partial charge in [0.25, 0.3) is 0 Å². The zero-order chi connectivity index (χ0) is 28.3. The first-order valence-electron chi connectivity index (χ1n) is 13.8. The summed E-state index contributed by atoms with van der Waals surface area (Å²) in [6.45, 7) is 1.17. The van der Waals surface area contributed by atoms with Crippen LogP contribution in [0.1, 0.15) is 16.7 Å². The van der Waals surface area contributed by atoms with Gasteiger partial charge in [-0.2, -0.15) is 0 Å². The van der Waals surface area contributed by atoms with Crippen LogP contribution in [0.3, 0.4) is 0 Å². The van der Waals surface area contributed by atoms with Crippen LogP contribution in [0.15, 0.2) is 115 Å². The van der Waals surface area contributed by atoms with Crippen molar-refractivity contribution in [1.82, 2.24) is 0 Å². The Morgan fingerprint density at radius 3 is 1.63 bits per heavy atom. The van der Waals surface area contributed by atoms with Crippen molar-refractivity contribution in [2.45, 2.75) is 50.5 Å². The summed E-state index contributed by atoms with van der Waals surface area (Å²) in [5.74, 6) is 1.27. The number of hydrogen-bond acceptors (Lipinski definition) is 7. The van der Waals surface area contributed by atoms with Crippen molar-refractivity contribution in [3.8, 4) is 11.5 Å². The maximum absolute atomic E-state index is 11.7. The molecule has 0 spiro atoms. The molecule has 5 rings (SSSR count). The average molecular weight is 557 g/mol. The quantitative estimate of drug-likeness (QED) is 0.232. The molecule has 1 aliphatic rings. The minimum absolute atomic E-state index is 0.194. The molecule has 1 aliphatic heterocycles. The molecule has 5 atom stereocenters. The molecule has 7 nitrogen and oxygen atoms in total. The summed E-state index contributed by atoms with van der Waals surface area (Å²) in [4.78, 5) is 0. The predicted octanol–water partition coefficient (Wildman–Crippen LogP) is 5.55. The van der Waals surface area contributed by atoms with Gasteiger partial charge in [0.15, 0.2) is 0 Å². The highest BCUT2D eigenvalue weighted by Crippen LogP contribution is 2.30. The molecular formula is C34H36O7. The summed E-state index contributed by atoms with van der Waals surface area (Å²) in [5.41, 5.74) is 3.00. The SMILES string of the molecule is COc1ccc(O[C@H]2O[C@H](COCc3ccccc3)[C@H](OCc3ccccc3)[C@H](O)[C@H]2OCc2ccccc2)cc1. The molecule has 1 N–H and O–H groups in total. The van der Waals surface area contributed by atoms with Crippen LogP contribution in [0.25, 0.3) is 0 Å². The maximum Gasteiger partial charge on any atom is 0.229 e. The Kier molecular flexibility index (Phi) is 10.4. The lowest BCUT2D eigenvalue weighted by Crippen LogP contribution is -2.61. The third-order valence-electron chi connectivity index (χ3n) is 6.89. The van der Waals surface area contributed by atoms with Crippen LogP contribution in [0.4, 0.5) is 0 Å². The Morgan fingerprint density at radius 1 is 0.610 bits per heavy atom. The Morgan fingerprint density at radius 2 is 1.10 bits per heavy atom. The van der Waals surface area contributed by atoms with Crippen molar-refractivity contribution in [1.29, 1.82) is 0 Å². The highest BCUT2D eigenvalue weighted by molar-refractivity contribution is 5.31. The lowest BCUT2D eigenvalue weighted by atomic mass is 9.98. The summed E-state index contributed by atoms with van der Waals surface area (Å²) in [6, 6.07) is 36.7. The van der Waals surface area contributed by atoms with Gasteiger partial charge in [-0.3, -0.25) is 0 Å². The van der Waals surface area contributed by atoms with Crippen LogP contribution in [-0.2, 0) is 38.8 Å². The van der Waals surface area contributed by atoms with Crippen LogP contribution < -0.4 is 9.47 Å². The topological polar surface area (TPSA) is 75.6 Å². The minimum atomic E-state index is -1.05. The zero-order valence-electron chi connectivity index (χ0n) is 23.1. The van der Waals surface area contributed by atoms with Crippen molar-refractivity contribution < 1.29 is 33.5 Å². The Balaban J connectivity index is 1.36. The fraction of sp³-hybridized carbons (Fsp3) is 0.294. The van der Waals surface area contributed by atoms with E-state index in [1.54, 1.807) is 31.4 Å². The summed E-state index contributed by atoms with van der Waals surface area (Å²) in [5, 5.41) is 11.7. The van der Waals surface area contributed by atoms with E-state index in [1.165, 1.54) is 0 Å². The van der Waals surface area contributed by atoms with Gasteiger partial charge in [-0.25, -0.2) is 0 Å². The molecule has 4 aromatic rings. The standard InChI is InChI=1S/C34H36O7/c1-36-28-17-19-29(20-18-28)40-34-33(39-23-27-15-9-4-10-16-27)31(35)32(38-22-26-13-7-3-8-14-26)30(41-34)24-37-21-25-11-5-2-6-12-25/h2-20,30-35H,21-24H2,1H3/t30-,31+,32+,33-,34+/m1/s1. The fourth-order valence-corrected chi connectivity index (χ4v) is 4.70. The Hall–Kier alpha value is -3.72. The first kappa shape index (κ1) is 28.8. The van der Waals surface area contributed by atoms with Gasteiger partial charge in [0.1, 0.15) is 35.9 Å². The molecule has 0 unspecified atom stereocenters. The van der Waals surface area contributed by atoms with E-state index >= 15 is 0 Å². The highest BCUT2D eigenvalue weighted by atomic mass is 16.7. The van der Waals surface area contributed by atoms with E-state index < -0.39 is 30.7 Å². The van der Waals surface area contributed by atoms with Gasteiger partial charge in [0.2, 0.25) is 6.29 Å². The first-order valence-corrected chi connectivity index (χ1v) is 13.8. The molecule has 0 aromatic heterocycles. The number of aliphatic hydroxyl groups is 1. The van der Waals surface area contributed by atoms with Crippen LogP contribution >= 0.6 is 0 Å². The van der Waals surface area contributed by atoms with Crippen LogP contribution in [0, 0.1) is 0 Å². The third kappa shape index (κ3) is 8.16. The summed E-state index contributed by atoms with van der Waals surface area (Å²) < 4.78 is 36.6. The molecule has 41 heavy (non-hydrogen) atoms. The summed E-state index contributed by atoms with van der Waals surface area (Å²) >= 11 is 0. The molecule has 7 heteroatoms. The first-order chi connectivity index (χ1) is 20.2. The van der Waals surface area contributed by atoms with Crippen molar-refractivity contribution in [3.63, 3.8) is 0 Å². The van der Waals surface area contributed by atoms with Crippen molar-refractivity contribution in [2.24, 2.45) is 0 Å². The van der Waals surface area contributed by atoms with Gasteiger partial charge in [0.05, 0.1) is 33.5 Å². The monoisotopic (exact) mass is 556 g/mol. The number of ether oxygens (including phenoxy) is 6. The number of aliphatic hydroxyl groups excluding tert-OH is 1. The van der Waals surface area contributed by atoms with E-state index in [4.69, 9.17) is 28.4 Å². The van der Waals surface area contributed by atoms with Gasteiger partial charge in [-0.1, -0.05) is 91.0 Å². The highest BCUT2D eigenvalue weighted by Gasteiger charge is 2.48. The second-order valence-electron chi connectivity index (χ2n) is 9.85. The molecule has 0 aliphatic carbocycles. The largest absolute Gasteiger partial charge is 0.497 e. The van der Waals surface area contributed by atoms with E-state index in [1.807, 2.05) is 91.0 Å². The molecule has 0 bridgehead atoms. The maximum atomic E-state index is 11.7. The lowest BCUT2D eigenvalue weighted by Gasteiger charge is -2.44. The van der Waals surface area contributed by atoms with Gasteiger partial charge < -0.3 is 33.5 Å². The molecule has 1 heterocycles. The average Bonchev–Trinajstić information content (AvgIpc) is 3.02. The second kappa shape index (κ2) is 14.8. The summed E-state index contributed by atoms with van der Waals surface area (Å²) in [7, 11) is 1.61. The number of hydrogen-bond donors (Lipinski definition) is 1. The van der Waals surface area contributed by atoms with Crippen molar-refractivity contribution in [2.75, 3.05) is 13.7 Å². The van der Waals surface area contributed by atoms with Crippen molar-refractivity contribution in [3.05, 3.63) is 132 Å². The summed E-state index contributed by atoms with van der Waals surface area (Å²) in [6.07, 6.45) is -4.13. The van der Waals surface area contributed by atoms with E-state index in [0.717, 1.165) is 16.7 Å². The third-order valence-corrected chi connectivity index (χ3v) is 6.89. The predicted molar refractivity (Wildman–Crippen MR) is 154 cm³/mol. The van der Waals surface area contributed by atoms with E-state index in [2.05, 4.69) is 0 Å². The van der Waals surface area contributed by atoms with E-state index in [-0.39, 0.29) is 13.2 Å². The molecule has 1 fully saturated rings. The van der Waals surface area contributed by atoms with Crippen LogP contribution in [0.2, 0.25) is 0 Å². The van der Waals surface area contributed by atoms with Crippen molar-refractivity contribution >= 4 is 0 Å². The Bertz CT molecular complexity index is 1280. The van der Waals surface area contributed by atoms with Crippen LogP contribution in [0.5, 0.6) is 11.5 Å². The van der Waals surface area contributed by atoms with E-state index in [0.29, 0.717) is 24.7 Å². The molecule has 214 valence electrons. The number of benzene rings is 4. The lowest BCUT2D eigenvalue weighted by molar-refractivity contribution is -0.301. The Labute approximate surface area is 241 Å². The van der Waals surface area contributed by atoms with Gasteiger partial charge in [-0.05, 0) is 41.0 Å². The molecule has 0 saturated carbocycles. The zero-order valence-corrected chi connectivity index (χ0v) is 23.1. The fourth-order valence-electron chi connectivity index (χ4n) is 4.70. The van der Waals surface area contributed by atoms with E-state index in [9.17, 15) is 5.11 Å². The smallest absolute Gasteiger partial charge is 0.229 e. The molecular weight excluding hydrogens is 520 g/mol. The molecule has 0 radical (unpaired) electrons. The molecule has 4 aromatic carbocycles. The van der Waals surface area contributed by atoms with Crippen LogP contribution in [-0.4, -0.2) is 49.5 Å². The normalized spacial score (nSPS) is 22.2. The van der Waals surface area contributed by atoms with Gasteiger partial charge in [-0.15, -0.1) is 0 Å². The molecule has 1 saturated heterocycles. The molecule has 0 amide bonds. The minimum Gasteiger partial charge on any atom is -0.497 e. The second-order valence-corrected chi connectivity index (χ2v) is 9.85. The van der Waals surface area contributed by atoms with Gasteiger partial charge >= 0.3 is 0 Å². The number of rotatable bonds is 13. The number of methoxy groups -OCH3 is 1. The van der Waals surface area contributed by atoms with Gasteiger partial charge in [0, 0.05) is 0 Å².